The van der Waals surface area contributed by atoms with Gasteiger partial charge in [0, 0.05) is 16.6 Å². The molecule has 0 aliphatic heterocycles. The monoisotopic (exact) mass is 305 g/mol. The topological polar surface area (TPSA) is 68.0 Å². The number of nitrogens with two attached hydrogens (primary N) is 1. The van der Waals surface area contributed by atoms with E-state index in [9.17, 15) is 4.79 Å². The Hall–Kier alpha value is -0.650. The van der Waals surface area contributed by atoms with Gasteiger partial charge < -0.3 is 11.1 Å². The van der Waals surface area contributed by atoms with Crippen molar-refractivity contribution >= 4 is 39.1 Å². The molecule has 0 aliphatic carbocycles. The Kier molecular flexibility index (Phi) is 5.18. The Morgan fingerprint density at radius 2 is 2.44 bits per heavy atom. The molecule has 16 heavy (non-hydrogen) atoms. The van der Waals surface area contributed by atoms with Crippen LogP contribution in [0.3, 0.4) is 0 Å². The summed E-state index contributed by atoms with van der Waals surface area (Å²) < 4.78 is 0.763. The van der Waals surface area contributed by atoms with Crippen molar-refractivity contribution in [3.63, 3.8) is 0 Å². The Balaban J connectivity index is 2.72. The van der Waals surface area contributed by atoms with Crippen molar-refractivity contribution in [3.8, 4) is 0 Å². The van der Waals surface area contributed by atoms with Gasteiger partial charge in [0.2, 0.25) is 5.91 Å². The number of aromatic nitrogens is 1. The number of pyridine rings is 1. The highest BCUT2D eigenvalue weighted by Crippen LogP contribution is 2.23. The fourth-order valence-corrected chi connectivity index (χ4v) is 1.63. The highest BCUT2D eigenvalue weighted by molar-refractivity contribution is 9.10. The van der Waals surface area contributed by atoms with E-state index in [4.69, 9.17) is 17.3 Å². The number of halogens is 2. The molecular formula is C10H13BrClN3O. The molecule has 0 fully saturated rings. The summed E-state index contributed by atoms with van der Waals surface area (Å²) in [5.74, 6) is -0.243. The summed E-state index contributed by atoms with van der Waals surface area (Å²) in [5.41, 5.74) is 5.89. The van der Waals surface area contributed by atoms with Gasteiger partial charge in [0.05, 0.1) is 5.69 Å². The third-order valence-corrected chi connectivity index (χ3v) is 2.85. The van der Waals surface area contributed by atoms with E-state index in [-0.39, 0.29) is 17.0 Å². The lowest BCUT2D eigenvalue weighted by Gasteiger charge is -2.11. The fraction of sp³-hybridized carbons (Fsp3) is 0.400. The van der Waals surface area contributed by atoms with Crippen molar-refractivity contribution in [1.82, 2.24) is 4.98 Å². The maximum atomic E-state index is 11.7. The molecule has 1 aromatic rings. The van der Waals surface area contributed by atoms with E-state index in [2.05, 4.69) is 26.2 Å². The quantitative estimate of drug-likeness (QED) is 0.840. The van der Waals surface area contributed by atoms with Gasteiger partial charge in [-0.15, -0.1) is 0 Å². The highest BCUT2D eigenvalue weighted by Gasteiger charge is 2.13. The zero-order valence-corrected chi connectivity index (χ0v) is 11.2. The maximum absolute atomic E-state index is 11.7. The molecule has 1 amide bonds. The number of anilines is 1. The molecule has 0 saturated carbocycles. The number of carbonyl (C=O) groups excluding carboxylic acids is 1. The van der Waals surface area contributed by atoms with Crippen molar-refractivity contribution in [3.05, 3.63) is 21.9 Å². The molecule has 1 atom stereocenters. The molecule has 1 unspecified atom stereocenters. The molecule has 0 radical (unpaired) electrons. The van der Waals surface area contributed by atoms with E-state index in [1.807, 2.05) is 6.92 Å². The summed E-state index contributed by atoms with van der Waals surface area (Å²) in [6, 6.07) is 1.71. The third kappa shape index (κ3) is 3.73. The van der Waals surface area contributed by atoms with E-state index in [0.717, 1.165) is 4.47 Å². The summed E-state index contributed by atoms with van der Waals surface area (Å²) in [4.78, 5) is 15.6. The second-order valence-corrected chi connectivity index (χ2v) is 4.73. The lowest BCUT2D eigenvalue weighted by Crippen LogP contribution is -2.23. The maximum Gasteiger partial charge on any atom is 0.227 e. The molecule has 0 spiro atoms. The normalized spacial score (nSPS) is 12.2. The minimum Gasteiger partial charge on any atom is -0.330 e. The van der Waals surface area contributed by atoms with E-state index >= 15 is 0 Å². The van der Waals surface area contributed by atoms with Gasteiger partial charge in [0.1, 0.15) is 0 Å². The molecular weight excluding hydrogens is 293 g/mol. The smallest absolute Gasteiger partial charge is 0.227 e. The average Bonchev–Trinajstić information content (AvgIpc) is 2.23. The van der Waals surface area contributed by atoms with E-state index in [1.54, 1.807) is 12.3 Å². The first-order chi connectivity index (χ1) is 7.54. The molecule has 3 N–H and O–H groups in total. The van der Waals surface area contributed by atoms with Crippen LogP contribution in [0.1, 0.15) is 13.3 Å². The average molecular weight is 307 g/mol. The Bertz CT molecular complexity index is 386. The van der Waals surface area contributed by atoms with Gasteiger partial charge in [-0.3, -0.25) is 4.79 Å². The van der Waals surface area contributed by atoms with Gasteiger partial charge in [-0.25, -0.2) is 4.98 Å². The van der Waals surface area contributed by atoms with Crippen LogP contribution in [0.25, 0.3) is 0 Å². The molecule has 88 valence electrons. The predicted molar refractivity (Wildman–Crippen MR) is 68.4 cm³/mol. The van der Waals surface area contributed by atoms with Crippen molar-refractivity contribution in [2.45, 2.75) is 13.3 Å². The lowest BCUT2D eigenvalue weighted by atomic mass is 10.1. The number of carbonyl (C=O) groups is 1. The number of nitrogens with one attached hydrogen (secondary N) is 1. The standard InChI is InChI=1S/C10H13BrClN3O/c1-6(2-3-13)10(16)15-8-4-7(11)5-14-9(8)12/h4-6H,2-3,13H2,1H3,(H,15,16). The molecule has 0 aliphatic rings. The van der Waals surface area contributed by atoms with Crippen molar-refractivity contribution in [2.24, 2.45) is 11.7 Å². The summed E-state index contributed by atoms with van der Waals surface area (Å²) in [6.07, 6.45) is 2.21. The van der Waals surface area contributed by atoms with Crippen LogP contribution in [0.15, 0.2) is 16.7 Å². The van der Waals surface area contributed by atoms with Crippen LogP contribution in [-0.4, -0.2) is 17.4 Å². The first-order valence-corrected chi connectivity index (χ1v) is 6.03. The van der Waals surface area contributed by atoms with E-state index in [0.29, 0.717) is 18.7 Å². The largest absolute Gasteiger partial charge is 0.330 e. The van der Waals surface area contributed by atoms with Gasteiger partial charge in [-0.1, -0.05) is 18.5 Å². The zero-order valence-electron chi connectivity index (χ0n) is 8.84. The van der Waals surface area contributed by atoms with E-state index in [1.165, 1.54) is 0 Å². The molecule has 1 aromatic heterocycles. The summed E-state index contributed by atoms with van der Waals surface area (Å²) in [5, 5.41) is 2.99. The van der Waals surface area contributed by atoms with Gasteiger partial charge in [0.25, 0.3) is 0 Å². The van der Waals surface area contributed by atoms with Crippen LogP contribution in [0.4, 0.5) is 5.69 Å². The summed E-state index contributed by atoms with van der Waals surface area (Å²) >= 11 is 9.11. The van der Waals surface area contributed by atoms with Crippen molar-refractivity contribution in [2.75, 3.05) is 11.9 Å². The Labute approximate surface area is 108 Å². The molecule has 1 heterocycles. The minimum absolute atomic E-state index is 0.104. The first kappa shape index (κ1) is 13.4. The van der Waals surface area contributed by atoms with Crippen molar-refractivity contribution in [1.29, 1.82) is 0 Å². The van der Waals surface area contributed by atoms with Gasteiger partial charge in [-0.05, 0) is 35.0 Å². The summed E-state index contributed by atoms with van der Waals surface area (Å²) in [7, 11) is 0. The Morgan fingerprint density at radius 3 is 3.06 bits per heavy atom. The third-order valence-electron chi connectivity index (χ3n) is 2.11. The lowest BCUT2D eigenvalue weighted by molar-refractivity contribution is -0.119. The number of nitrogens with zero attached hydrogens (tertiary/aromatic N) is 1. The van der Waals surface area contributed by atoms with Gasteiger partial charge in [0.15, 0.2) is 5.15 Å². The van der Waals surface area contributed by atoms with Crippen LogP contribution in [0.2, 0.25) is 5.15 Å². The van der Waals surface area contributed by atoms with Crippen LogP contribution in [0, 0.1) is 5.92 Å². The first-order valence-electron chi connectivity index (χ1n) is 4.86. The zero-order chi connectivity index (χ0) is 12.1. The fourth-order valence-electron chi connectivity index (χ4n) is 1.15. The van der Waals surface area contributed by atoms with Gasteiger partial charge in [-0.2, -0.15) is 0 Å². The summed E-state index contributed by atoms with van der Waals surface area (Å²) in [6.45, 7) is 2.31. The van der Waals surface area contributed by atoms with Gasteiger partial charge >= 0.3 is 0 Å². The predicted octanol–water partition coefficient (Wildman–Crippen LogP) is 2.42. The molecule has 1 rings (SSSR count). The second kappa shape index (κ2) is 6.18. The van der Waals surface area contributed by atoms with Crippen LogP contribution in [0.5, 0.6) is 0 Å². The SMILES string of the molecule is CC(CCN)C(=O)Nc1cc(Br)cnc1Cl. The van der Waals surface area contributed by atoms with E-state index < -0.39 is 0 Å². The molecule has 0 saturated heterocycles. The molecule has 0 aromatic carbocycles. The molecule has 4 nitrogen and oxygen atoms in total. The van der Waals surface area contributed by atoms with Crippen molar-refractivity contribution < 1.29 is 4.79 Å². The van der Waals surface area contributed by atoms with Crippen LogP contribution in [-0.2, 0) is 4.79 Å². The Morgan fingerprint density at radius 1 is 1.75 bits per heavy atom. The second-order valence-electron chi connectivity index (χ2n) is 3.46. The number of rotatable bonds is 4. The number of hydrogen-bond acceptors (Lipinski definition) is 3. The number of hydrogen-bond donors (Lipinski definition) is 2. The molecule has 0 bridgehead atoms. The molecule has 6 heteroatoms. The number of amides is 1. The minimum atomic E-state index is -0.139. The highest BCUT2D eigenvalue weighted by atomic mass is 79.9. The van der Waals surface area contributed by atoms with Crippen LogP contribution < -0.4 is 11.1 Å². The van der Waals surface area contributed by atoms with Crippen LogP contribution >= 0.6 is 27.5 Å².